The fourth-order valence-corrected chi connectivity index (χ4v) is 5.98. The number of fused-ring (bicyclic) bond motifs is 3. The first-order valence-electron chi connectivity index (χ1n) is 12.3. The highest BCUT2D eigenvalue weighted by Gasteiger charge is 2.56. The Bertz CT molecular complexity index is 1230. The Morgan fingerprint density at radius 3 is 2.67 bits per heavy atom. The van der Waals surface area contributed by atoms with E-state index in [1.165, 1.54) is 11.9 Å². The van der Waals surface area contributed by atoms with Crippen molar-refractivity contribution in [3.8, 4) is 5.75 Å². The number of imide groups is 1. The molecule has 1 aromatic carbocycles. The number of pyridine rings is 1. The topological polar surface area (TPSA) is 120 Å². The van der Waals surface area contributed by atoms with Crippen LogP contribution in [-0.2, 0) is 14.2 Å². The lowest BCUT2D eigenvalue weighted by Crippen LogP contribution is -2.46. The van der Waals surface area contributed by atoms with Gasteiger partial charge in [0, 0.05) is 18.8 Å². The van der Waals surface area contributed by atoms with Crippen molar-refractivity contribution in [1.82, 2.24) is 9.88 Å². The van der Waals surface area contributed by atoms with Gasteiger partial charge in [-0.25, -0.2) is 0 Å². The van der Waals surface area contributed by atoms with Crippen LogP contribution in [0.1, 0.15) is 30.5 Å². The third kappa shape index (κ3) is 4.38. The quantitative estimate of drug-likeness (QED) is 0.325. The highest BCUT2D eigenvalue weighted by Crippen LogP contribution is 2.50. The monoisotopic (exact) mass is 488 g/mol. The zero-order valence-electron chi connectivity index (χ0n) is 20.1. The molecule has 2 fully saturated rings. The summed E-state index contributed by atoms with van der Waals surface area (Å²) in [6.07, 6.45) is 4.59. The molecule has 8 nitrogen and oxygen atoms in total. The Balaban J connectivity index is 1.47. The first-order valence-corrected chi connectivity index (χ1v) is 12.3. The number of nitrogens with zero attached hydrogens (tertiary/aromatic N) is 2. The first-order chi connectivity index (χ1) is 17.4. The summed E-state index contributed by atoms with van der Waals surface area (Å²) < 4.78 is 5.97. The largest absolute Gasteiger partial charge is 0.507 e. The molecule has 0 saturated carbocycles. The number of aliphatic hydroxyl groups is 1. The van der Waals surface area contributed by atoms with Gasteiger partial charge < -0.3 is 19.9 Å². The van der Waals surface area contributed by atoms with Gasteiger partial charge in [0.05, 0.1) is 30.2 Å². The van der Waals surface area contributed by atoms with Crippen molar-refractivity contribution < 1.29 is 29.5 Å². The van der Waals surface area contributed by atoms with Crippen molar-refractivity contribution in [3.63, 3.8) is 0 Å². The number of aromatic hydroxyl groups is 1. The minimum absolute atomic E-state index is 0.160. The molecule has 1 aromatic heterocycles. The average molecular weight is 488 g/mol. The van der Waals surface area contributed by atoms with E-state index in [9.17, 15) is 24.8 Å². The average Bonchev–Trinajstić information content (AvgIpc) is 3.11. The number of allylic oxidation sites excluding steroid dienone is 1. The van der Waals surface area contributed by atoms with Gasteiger partial charge in [-0.15, -0.1) is 0 Å². The van der Waals surface area contributed by atoms with Gasteiger partial charge in [0.1, 0.15) is 5.75 Å². The Morgan fingerprint density at radius 1 is 1.17 bits per heavy atom. The molecule has 0 radical (unpaired) electrons. The van der Waals surface area contributed by atoms with E-state index in [1.54, 1.807) is 18.3 Å². The number of hydrogen-bond acceptors (Lipinski definition) is 7. The van der Waals surface area contributed by atoms with Crippen LogP contribution in [0.2, 0.25) is 6.32 Å². The number of amides is 2. The number of aromatic nitrogens is 1. The van der Waals surface area contributed by atoms with Gasteiger partial charge >= 0.3 is 7.12 Å². The lowest BCUT2D eigenvalue weighted by Gasteiger charge is -2.43. The van der Waals surface area contributed by atoms with Crippen molar-refractivity contribution in [2.75, 3.05) is 13.7 Å². The summed E-state index contributed by atoms with van der Waals surface area (Å²) >= 11 is 0. The molecular formula is C27H29BN2O6. The number of carbonyl (C=O) groups is 2. The van der Waals surface area contributed by atoms with Crippen LogP contribution >= 0.6 is 0 Å². The van der Waals surface area contributed by atoms with Gasteiger partial charge in [-0.1, -0.05) is 24.3 Å². The lowest BCUT2D eigenvalue weighted by atomic mass is 9.58. The number of benzene rings is 1. The summed E-state index contributed by atoms with van der Waals surface area (Å²) in [5.41, 5.74) is 3.85. The number of hydrogen-bond donors (Lipinski definition) is 3. The van der Waals surface area contributed by atoms with E-state index < -0.39 is 25.1 Å². The van der Waals surface area contributed by atoms with Crippen molar-refractivity contribution in [1.29, 1.82) is 0 Å². The van der Waals surface area contributed by atoms with Gasteiger partial charge in [-0.3, -0.25) is 19.5 Å². The highest BCUT2D eigenvalue weighted by atomic mass is 16.5. The molecule has 0 spiro atoms. The van der Waals surface area contributed by atoms with Crippen molar-refractivity contribution in [2.24, 2.45) is 17.8 Å². The molecule has 2 aromatic rings. The van der Waals surface area contributed by atoms with Gasteiger partial charge in [-0.2, -0.15) is 0 Å². The molecule has 0 bridgehead atoms. The molecule has 3 heterocycles. The fourth-order valence-electron chi connectivity index (χ4n) is 5.98. The SMILES string of the molecule is CN1C(=O)[C@@H]2[C@@H](CC(CO)=C3[C@@H](CC/C(=C/c4ccccc4O)c4ccccn4)OB(O)C[C@@H]32)C1=O. The number of para-hydroxylation sites is 1. The van der Waals surface area contributed by atoms with Crippen LogP contribution in [0.3, 0.4) is 0 Å². The predicted molar refractivity (Wildman–Crippen MR) is 134 cm³/mol. The second-order valence-electron chi connectivity index (χ2n) is 9.69. The zero-order valence-corrected chi connectivity index (χ0v) is 20.1. The number of aliphatic hydroxyl groups excluding tert-OH is 1. The summed E-state index contributed by atoms with van der Waals surface area (Å²) in [6.45, 7) is -0.225. The molecule has 2 amide bonds. The molecule has 3 aliphatic rings. The number of phenols is 1. The van der Waals surface area contributed by atoms with Gasteiger partial charge in [0.2, 0.25) is 11.8 Å². The van der Waals surface area contributed by atoms with E-state index in [1.807, 2.05) is 36.4 Å². The summed E-state index contributed by atoms with van der Waals surface area (Å²) in [5.74, 6) is -1.70. The third-order valence-electron chi connectivity index (χ3n) is 7.66. The predicted octanol–water partition coefficient (Wildman–Crippen LogP) is 2.53. The summed E-state index contributed by atoms with van der Waals surface area (Å²) in [5, 5.41) is 31.1. The van der Waals surface area contributed by atoms with E-state index in [0.29, 0.717) is 24.8 Å². The van der Waals surface area contributed by atoms with E-state index in [2.05, 4.69) is 4.98 Å². The second kappa shape index (κ2) is 10.0. The number of rotatable bonds is 6. The molecule has 5 rings (SSSR count). The number of likely N-dealkylation sites (tertiary alicyclic amines) is 1. The molecule has 3 N–H and O–H groups in total. The fraction of sp³-hybridized carbons (Fsp3) is 0.370. The molecule has 1 aliphatic carbocycles. The molecule has 186 valence electrons. The maximum absolute atomic E-state index is 13.0. The van der Waals surface area contributed by atoms with Crippen LogP contribution in [-0.4, -0.2) is 63.8 Å². The second-order valence-corrected chi connectivity index (χ2v) is 9.69. The summed E-state index contributed by atoms with van der Waals surface area (Å²) in [4.78, 5) is 31.3. The van der Waals surface area contributed by atoms with Crippen molar-refractivity contribution in [3.05, 3.63) is 71.1 Å². The number of phenolic OH excluding ortho intramolecular Hbond substituents is 1. The van der Waals surface area contributed by atoms with Crippen LogP contribution < -0.4 is 0 Å². The molecule has 2 saturated heterocycles. The standard InChI is InChI=1S/C27H29BN2O6/c1-30-26(33)19-13-18(15-31)24-20(25(19)27(30)34)14-28(35)36-23(24)10-9-16(21-7-4-5-11-29-21)12-17-6-2-3-8-22(17)32/h2-8,11-12,19-20,23,25,31-32,35H,9-10,13-15H2,1H3/b16-12-/t19-,20+,23-,25-/m1/s1. The Hall–Kier alpha value is -3.27. The van der Waals surface area contributed by atoms with Gasteiger partial charge in [-0.05, 0) is 72.5 Å². The number of carbonyl (C=O) groups excluding carboxylic acids is 2. The summed E-state index contributed by atoms with van der Waals surface area (Å²) in [6, 6.07) is 12.7. The van der Waals surface area contributed by atoms with E-state index in [0.717, 1.165) is 22.4 Å². The van der Waals surface area contributed by atoms with Crippen LogP contribution in [0.15, 0.2) is 59.8 Å². The molecular weight excluding hydrogens is 459 g/mol. The van der Waals surface area contributed by atoms with E-state index >= 15 is 0 Å². The van der Waals surface area contributed by atoms with E-state index in [4.69, 9.17) is 4.65 Å². The van der Waals surface area contributed by atoms with Crippen molar-refractivity contribution in [2.45, 2.75) is 31.7 Å². The van der Waals surface area contributed by atoms with Crippen molar-refractivity contribution >= 4 is 30.6 Å². The minimum atomic E-state index is -1.07. The van der Waals surface area contributed by atoms with Crippen LogP contribution in [0.4, 0.5) is 0 Å². The van der Waals surface area contributed by atoms with Crippen LogP contribution in [0.25, 0.3) is 11.6 Å². The molecule has 9 heteroatoms. The normalized spacial score (nSPS) is 26.4. The maximum atomic E-state index is 13.0. The minimum Gasteiger partial charge on any atom is -0.507 e. The van der Waals surface area contributed by atoms with Crippen LogP contribution in [0, 0.1) is 17.8 Å². The molecule has 0 unspecified atom stereocenters. The molecule has 36 heavy (non-hydrogen) atoms. The lowest BCUT2D eigenvalue weighted by molar-refractivity contribution is -0.138. The first kappa shape index (κ1) is 24.4. The smallest absolute Gasteiger partial charge is 0.455 e. The third-order valence-corrected chi connectivity index (χ3v) is 7.66. The van der Waals surface area contributed by atoms with Crippen LogP contribution in [0.5, 0.6) is 5.75 Å². The Morgan fingerprint density at radius 2 is 1.94 bits per heavy atom. The Labute approximate surface area is 210 Å². The molecule has 4 atom stereocenters. The Kier molecular flexibility index (Phi) is 6.79. The highest BCUT2D eigenvalue weighted by molar-refractivity contribution is 6.43. The zero-order chi connectivity index (χ0) is 25.4. The maximum Gasteiger partial charge on any atom is 0.455 e. The van der Waals surface area contributed by atoms with Gasteiger partial charge in [0.25, 0.3) is 0 Å². The van der Waals surface area contributed by atoms with E-state index in [-0.39, 0.29) is 36.4 Å². The molecule has 2 aliphatic heterocycles. The van der Waals surface area contributed by atoms with Gasteiger partial charge in [0.15, 0.2) is 0 Å². The summed E-state index contributed by atoms with van der Waals surface area (Å²) in [7, 11) is 0.425.